The predicted octanol–water partition coefficient (Wildman–Crippen LogP) is 5.94. The van der Waals surface area contributed by atoms with E-state index < -0.39 is 17.7 Å². The number of amides is 1. The van der Waals surface area contributed by atoms with Gasteiger partial charge in [-0.05, 0) is 65.4 Å². The Kier molecular flexibility index (Phi) is 5.61. The van der Waals surface area contributed by atoms with Crippen molar-refractivity contribution in [2.75, 3.05) is 4.90 Å². The average molecular weight is 526 g/mol. The van der Waals surface area contributed by atoms with Crippen molar-refractivity contribution in [2.45, 2.75) is 51.7 Å². The third-order valence-electron chi connectivity index (χ3n) is 7.06. The van der Waals surface area contributed by atoms with E-state index in [-0.39, 0.29) is 22.9 Å². The highest BCUT2D eigenvalue weighted by molar-refractivity contribution is 7.22. The van der Waals surface area contributed by atoms with Gasteiger partial charge in [0.05, 0.1) is 21.8 Å². The number of benzene rings is 2. The number of aromatic nitrogens is 2. The van der Waals surface area contributed by atoms with Gasteiger partial charge in [0.15, 0.2) is 5.13 Å². The molecular weight excluding hydrogens is 498 g/mol. The smallest absolute Gasteiger partial charge is 0.301 e. The largest absolute Gasteiger partial charge is 0.507 e. The van der Waals surface area contributed by atoms with Crippen LogP contribution in [-0.4, -0.2) is 32.9 Å². The molecule has 1 fully saturated rings. The first-order valence-corrected chi connectivity index (χ1v) is 13.4. The van der Waals surface area contributed by atoms with E-state index in [1.165, 1.54) is 16.2 Å². The summed E-state index contributed by atoms with van der Waals surface area (Å²) < 4.78 is 6.71. The third-order valence-corrected chi connectivity index (χ3v) is 8.08. The van der Waals surface area contributed by atoms with E-state index in [2.05, 4.69) is 31.8 Å². The summed E-state index contributed by atoms with van der Waals surface area (Å²) in [6, 6.07) is 14.1. The molecule has 192 valence electrons. The topological polar surface area (TPSA) is 92.6 Å². The lowest BCUT2D eigenvalue weighted by atomic mass is 9.87. The Morgan fingerprint density at radius 3 is 2.68 bits per heavy atom. The molecule has 7 nitrogen and oxygen atoms in total. The number of carbonyl (C=O) groups is 2. The number of anilines is 1. The Labute approximate surface area is 224 Å². The van der Waals surface area contributed by atoms with Crippen molar-refractivity contribution in [3.05, 3.63) is 88.8 Å². The fourth-order valence-electron chi connectivity index (χ4n) is 5.09. The van der Waals surface area contributed by atoms with E-state index in [9.17, 15) is 14.7 Å². The maximum absolute atomic E-state index is 13.5. The first-order valence-electron chi connectivity index (χ1n) is 12.5. The van der Waals surface area contributed by atoms with Crippen LogP contribution in [0.2, 0.25) is 0 Å². The fourth-order valence-corrected chi connectivity index (χ4v) is 6.12. The quantitative estimate of drug-likeness (QED) is 0.202. The molecule has 0 spiro atoms. The molecule has 6 rings (SSSR count). The van der Waals surface area contributed by atoms with Gasteiger partial charge < -0.3 is 9.84 Å². The van der Waals surface area contributed by atoms with Crippen LogP contribution in [0.3, 0.4) is 0 Å². The van der Waals surface area contributed by atoms with Gasteiger partial charge in [0, 0.05) is 24.4 Å². The van der Waals surface area contributed by atoms with Crippen molar-refractivity contribution in [3.63, 3.8) is 0 Å². The van der Waals surface area contributed by atoms with E-state index in [0.717, 1.165) is 27.1 Å². The van der Waals surface area contributed by atoms with Gasteiger partial charge in [0.2, 0.25) is 0 Å². The Morgan fingerprint density at radius 2 is 1.95 bits per heavy atom. The molecular formula is C30H27N3O4S. The van der Waals surface area contributed by atoms with E-state index in [4.69, 9.17) is 9.72 Å². The molecule has 2 aromatic carbocycles. The Morgan fingerprint density at radius 1 is 1.13 bits per heavy atom. The van der Waals surface area contributed by atoms with Crippen LogP contribution in [0.5, 0.6) is 5.75 Å². The van der Waals surface area contributed by atoms with Crippen molar-refractivity contribution < 1.29 is 19.4 Å². The molecule has 4 heterocycles. The summed E-state index contributed by atoms with van der Waals surface area (Å²) in [6.45, 7) is 8.41. The number of Topliss-reactive ketones (excluding diaryl/α,β-unsaturated/α-hetero) is 1. The fraction of sp³-hybridized carbons (Fsp3) is 0.267. The standard InChI is InChI=1S/C30H27N3O4S/c1-16-12-19-13-17(7-10-22(19)37-16)26(34)24-25(18-6-5-11-31-15-18)33(28(36)27(24)35)29-32-21-9-8-20(30(2,3)4)14-23(21)38-29/h5-11,13-16,25,34H,12H2,1-4H3/b26-24+. The highest BCUT2D eigenvalue weighted by Crippen LogP contribution is 2.45. The molecule has 38 heavy (non-hydrogen) atoms. The molecule has 1 amide bonds. The SMILES string of the molecule is CC1Cc2cc(/C(O)=C3\C(=O)C(=O)N(c4nc5ccc(C(C)(C)C)cc5s4)C3c3cccnc3)ccc2O1. The molecule has 1 saturated heterocycles. The van der Waals surface area contributed by atoms with Crippen LogP contribution in [0, 0.1) is 0 Å². The number of pyridine rings is 1. The Balaban J connectivity index is 1.50. The minimum atomic E-state index is -0.866. The molecule has 4 aromatic rings. The first-order chi connectivity index (χ1) is 18.1. The average Bonchev–Trinajstić information content (AvgIpc) is 3.55. The van der Waals surface area contributed by atoms with Gasteiger partial charge in [-0.25, -0.2) is 4.98 Å². The van der Waals surface area contributed by atoms with E-state index in [0.29, 0.717) is 22.7 Å². The zero-order valence-corrected chi connectivity index (χ0v) is 22.4. The molecule has 2 aliphatic rings. The summed E-state index contributed by atoms with van der Waals surface area (Å²) in [5, 5.41) is 11.9. The molecule has 2 atom stereocenters. The summed E-state index contributed by atoms with van der Waals surface area (Å²) in [4.78, 5) is 37.4. The van der Waals surface area contributed by atoms with Crippen LogP contribution in [-0.2, 0) is 21.4 Å². The number of rotatable bonds is 3. The van der Waals surface area contributed by atoms with E-state index >= 15 is 0 Å². The summed E-state index contributed by atoms with van der Waals surface area (Å²) in [5.74, 6) is -0.940. The van der Waals surface area contributed by atoms with Crippen molar-refractivity contribution in [1.29, 1.82) is 0 Å². The molecule has 1 N–H and O–H groups in total. The second kappa shape index (κ2) is 8.77. The lowest BCUT2D eigenvalue weighted by Crippen LogP contribution is -2.29. The van der Waals surface area contributed by atoms with Crippen molar-refractivity contribution in [1.82, 2.24) is 9.97 Å². The summed E-state index contributed by atoms with van der Waals surface area (Å²) >= 11 is 1.36. The molecule has 0 radical (unpaired) electrons. The van der Waals surface area contributed by atoms with E-state index in [1.54, 1.807) is 36.7 Å². The minimum absolute atomic E-state index is 0.0181. The number of fused-ring (bicyclic) bond motifs is 2. The van der Waals surface area contributed by atoms with Gasteiger partial charge in [-0.1, -0.05) is 44.2 Å². The number of aliphatic hydroxyl groups excluding tert-OH is 1. The number of hydrogen-bond donors (Lipinski definition) is 1. The number of ether oxygens (including phenoxy) is 1. The number of thiazole rings is 1. The van der Waals surface area contributed by atoms with Crippen LogP contribution >= 0.6 is 11.3 Å². The lowest BCUT2D eigenvalue weighted by Gasteiger charge is -2.22. The zero-order valence-electron chi connectivity index (χ0n) is 21.6. The van der Waals surface area contributed by atoms with Crippen LogP contribution in [0.4, 0.5) is 5.13 Å². The number of nitrogens with zero attached hydrogens (tertiary/aromatic N) is 3. The molecule has 2 aliphatic heterocycles. The van der Waals surface area contributed by atoms with Gasteiger partial charge in [-0.2, -0.15) is 0 Å². The Hall–Kier alpha value is -4.04. The first kappa shape index (κ1) is 24.3. The molecule has 2 unspecified atom stereocenters. The van der Waals surface area contributed by atoms with Crippen molar-refractivity contribution in [3.8, 4) is 5.75 Å². The maximum atomic E-state index is 13.5. The molecule has 0 saturated carbocycles. The number of ketones is 1. The second-order valence-corrected chi connectivity index (χ2v) is 11.8. The second-order valence-electron chi connectivity index (χ2n) is 10.8. The highest BCUT2D eigenvalue weighted by atomic mass is 32.1. The van der Waals surface area contributed by atoms with Gasteiger partial charge in [0.1, 0.15) is 17.6 Å². The van der Waals surface area contributed by atoms with Crippen molar-refractivity contribution >= 4 is 44.1 Å². The number of carbonyl (C=O) groups excluding carboxylic acids is 2. The molecule has 2 aromatic heterocycles. The van der Waals surface area contributed by atoms with E-state index in [1.807, 2.05) is 25.1 Å². The van der Waals surface area contributed by atoms with Crippen LogP contribution in [0.1, 0.15) is 56.0 Å². The molecule has 8 heteroatoms. The molecule has 0 bridgehead atoms. The zero-order chi connectivity index (χ0) is 26.8. The van der Waals surface area contributed by atoms with Crippen LogP contribution in [0.15, 0.2) is 66.5 Å². The summed E-state index contributed by atoms with van der Waals surface area (Å²) in [6.07, 6.45) is 3.99. The summed E-state index contributed by atoms with van der Waals surface area (Å²) in [5.41, 5.74) is 3.90. The normalized spacial score (nSPS) is 20.7. The van der Waals surface area contributed by atoms with Crippen LogP contribution in [0.25, 0.3) is 16.0 Å². The minimum Gasteiger partial charge on any atom is -0.507 e. The molecule has 0 aliphatic carbocycles. The van der Waals surface area contributed by atoms with Gasteiger partial charge in [0.25, 0.3) is 5.78 Å². The number of aliphatic hydroxyl groups is 1. The highest BCUT2D eigenvalue weighted by Gasteiger charge is 2.48. The maximum Gasteiger partial charge on any atom is 0.301 e. The van der Waals surface area contributed by atoms with Gasteiger partial charge in [-0.15, -0.1) is 0 Å². The predicted molar refractivity (Wildman–Crippen MR) is 148 cm³/mol. The van der Waals surface area contributed by atoms with Crippen molar-refractivity contribution in [2.24, 2.45) is 0 Å². The van der Waals surface area contributed by atoms with Gasteiger partial charge >= 0.3 is 5.91 Å². The third kappa shape index (κ3) is 3.96. The Bertz CT molecular complexity index is 1630. The number of hydrogen-bond acceptors (Lipinski definition) is 7. The summed E-state index contributed by atoms with van der Waals surface area (Å²) in [7, 11) is 0. The van der Waals surface area contributed by atoms with Crippen LogP contribution < -0.4 is 9.64 Å². The monoisotopic (exact) mass is 525 g/mol. The lowest BCUT2D eigenvalue weighted by molar-refractivity contribution is -0.132. The van der Waals surface area contributed by atoms with Gasteiger partial charge in [-0.3, -0.25) is 19.5 Å².